The molecule has 1 unspecified atom stereocenters. The molecule has 0 heterocycles. The molecule has 0 aromatic heterocycles. The molecule has 0 amide bonds. The Labute approximate surface area is 130 Å². The highest BCUT2D eigenvalue weighted by atomic mass is 35.5. The van der Waals surface area contributed by atoms with Gasteiger partial charge in [-0.25, -0.2) is 4.39 Å². The molecule has 2 aromatic carbocycles. The number of hydrogen-bond acceptors (Lipinski definition) is 2. The van der Waals surface area contributed by atoms with Crippen molar-refractivity contribution >= 4 is 11.6 Å². The van der Waals surface area contributed by atoms with Crippen LogP contribution in [-0.4, -0.2) is 25.0 Å². The summed E-state index contributed by atoms with van der Waals surface area (Å²) in [5.41, 5.74) is 7.70. The minimum Gasteiger partial charge on any atom is -0.329 e. The maximum Gasteiger partial charge on any atom is 0.129 e. The average molecular weight is 307 g/mol. The summed E-state index contributed by atoms with van der Waals surface area (Å²) < 4.78 is 14.0. The first-order chi connectivity index (χ1) is 10.1. The zero-order valence-corrected chi connectivity index (χ0v) is 12.9. The molecule has 2 aromatic rings. The molecule has 4 heteroatoms. The molecule has 21 heavy (non-hydrogen) atoms. The van der Waals surface area contributed by atoms with Crippen LogP contribution < -0.4 is 5.73 Å². The molecular weight excluding hydrogens is 287 g/mol. The Morgan fingerprint density at radius 1 is 1.19 bits per heavy atom. The van der Waals surface area contributed by atoms with Gasteiger partial charge in [0.2, 0.25) is 0 Å². The van der Waals surface area contributed by atoms with Gasteiger partial charge in [0, 0.05) is 29.7 Å². The van der Waals surface area contributed by atoms with Gasteiger partial charge in [0.15, 0.2) is 0 Å². The Morgan fingerprint density at radius 2 is 1.90 bits per heavy atom. The van der Waals surface area contributed by atoms with Gasteiger partial charge in [-0.2, -0.15) is 0 Å². The van der Waals surface area contributed by atoms with Crippen molar-refractivity contribution in [3.63, 3.8) is 0 Å². The summed E-state index contributed by atoms with van der Waals surface area (Å²) in [5, 5.41) is 0.402. The maximum atomic E-state index is 14.0. The lowest BCUT2D eigenvalue weighted by Gasteiger charge is -2.27. The van der Waals surface area contributed by atoms with Crippen molar-refractivity contribution in [2.75, 3.05) is 20.1 Å². The third-order valence-electron chi connectivity index (χ3n) is 3.67. The molecule has 0 aliphatic carbocycles. The standard InChI is InChI=1S/C17H20ClFN2/c1-21(10-9-13-5-3-2-4-6-13)17(12-20)15-8-7-14(18)11-16(15)19/h2-8,11,17H,9-10,12,20H2,1H3. The van der Waals surface area contributed by atoms with Crippen LogP contribution in [0.5, 0.6) is 0 Å². The molecule has 0 saturated carbocycles. The van der Waals surface area contributed by atoms with E-state index in [9.17, 15) is 4.39 Å². The van der Waals surface area contributed by atoms with E-state index in [0.29, 0.717) is 17.1 Å². The number of benzene rings is 2. The fourth-order valence-electron chi connectivity index (χ4n) is 2.42. The van der Waals surface area contributed by atoms with Crippen LogP contribution in [0.3, 0.4) is 0 Å². The monoisotopic (exact) mass is 306 g/mol. The minimum absolute atomic E-state index is 0.147. The number of rotatable bonds is 6. The van der Waals surface area contributed by atoms with E-state index >= 15 is 0 Å². The average Bonchev–Trinajstić information content (AvgIpc) is 2.49. The number of halogens is 2. The lowest BCUT2D eigenvalue weighted by atomic mass is 10.0. The van der Waals surface area contributed by atoms with Crippen molar-refractivity contribution in [3.05, 3.63) is 70.5 Å². The molecule has 2 rings (SSSR count). The van der Waals surface area contributed by atoms with Crippen LogP contribution in [0.1, 0.15) is 17.2 Å². The van der Waals surface area contributed by atoms with E-state index in [1.54, 1.807) is 12.1 Å². The second-order valence-corrected chi connectivity index (χ2v) is 5.57. The Bertz CT molecular complexity index is 574. The molecule has 0 saturated heterocycles. The predicted octanol–water partition coefficient (Wildman–Crippen LogP) is 3.65. The van der Waals surface area contributed by atoms with Crippen LogP contribution >= 0.6 is 11.6 Å². The number of likely N-dealkylation sites (N-methyl/N-ethyl adjacent to an activating group) is 1. The molecular formula is C17H20ClFN2. The van der Waals surface area contributed by atoms with Crippen molar-refractivity contribution in [2.24, 2.45) is 5.73 Å². The normalized spacial score (nSPS) is 12.6. The highest BCUT2D eigenvalue weighted by Gasteiger charge is 2.19. The highest BCUT2D eigenvalue weighted by molar-refractivity contribution is 6.30. The lowest BCUT2D eigenvalue weighted by molar-refractivity contribution is 0.248. The van der Waals surface area contributed by atoms with Crippen molar-refractivity contribution in [3.8, 4) is 0 Å². The van der Waals surface area contributed by atoms with Crippen molar-refractivity contribution in [1.29, 1.82) is 0 Å². The molecule has 0 spiro atoms. The molecule has 0 aliphatic rings. The third-order valence-corrected chi connectivity index (χ3v) is 3.91. The summed E-state index contributed by atoms with van der Waals surface area (Å²) in [4.78, 5) is 2.08. The second kappa shape index (κ2) is 7.55. The highest BCUT2D eigenvalue weighted by Crippen LogP contribution is 2.24. The third kappa shape index (κ3) is 4.27. The van der Waals surface area contributed by atoms with Gasteiger partial charge in [-0.1, -0.05) is 48.0 Å². The van der Waals surface area contributed by atoms with Gasteiger partial charge in [0.25, 0.3) is 0 Å². The van der Waals surface area contributed by atoms with E-state index in [1.807, 2.05) is 25.2 Å². The van der Waals surface area contributed by atoms with Crippen LogP contribution in [0, 0.1) is 5.82 Å². The van der Waals surface area contributed by atoms with E-state index in [2.05, 4.69) is 17.0 Å². The maximum absolute atomic E-state index is 14.0. The van der Waals surface area contributed by atoms with E-state index < -0.39 is 0 Å². The predicted molar refractivity (Wildman–Crippen MR) is 86.0 cm³/mol. The van der Waals surface area contributed by atoms with Gasteiger partial charge in [-0.3, -0.25) is 4.90 Å². The first-order valence-corrected chi connectivity index (χ1v) is 7.39. The van der Waals surface area contributed by atoms with Gasteiger partial charge >= 0.3 is 0 Å². The van der Waals surface area contributed by atoms with Crippen LogP contribution in [0.2, 0.25) is 5.02 Å². The Balaban J connectivity index is 2.06. The lowest BCUT2D eigenvalue weighted by Crippen LogP contribution is -2.32. The van der Waals surface area contributed by atoms with Crippen LogP contribution in [0.25, 0.3) is 0 Å². The SMILES string of the molecule is CN(CCc1ccccc1)C(CN)c1ccc(Cl)cc1F. The zero-order chi connectivity index (χ0) is 15.2. The van der Waals surface area contributed by atoms with E-state index in [-0.39, 0.29) is 11.9 Å². The zero-order valence-electron chi connectivity index (χ0n) is 12.1. The van der Waals surface area contributed by atoms with Crippen LogP contribution in [0.15, 0.2) is 48.5 Å². The first kappa shape index (κ1) is 16.0. The summed E-state index contributed by atoms with van der Waals surface area (Å²) in [6.07, 6.45) is 0.906. The molecule has 0 fully saturated rings. The summed E-state index contributed by atoms with van der Waals surface area (Å²) >= 11 is 5.80. The molecule has 0 aliphatic heterocycles. The first-order valence-electron chi connectivity index (χ1n) is 7.01. The fraction of sp³-hybridized carbons (Fsp3) is 0.294. The quantitative estimate of drug-likeness (QED) is 0.882. The van der Waals surface area contributed by atoms with E-state index in [1.165, 1.54) is 11.6 Å². The fourth-order valence-corrected chi connectivity index (χ4v) is 2.58. The molecule has 112 valence electrons. The molecule has 2 nitrogen and oxygen atoms in total. The summed E-state index contributed by atoms with van der Waals surface area (Å²) in [6, 6.07) is 14.8. The van der Waals surface area contributed by atoms with Crippen molar-refractivity contribution < 1.29 is 4.39 Å². The topological polar surface area (TPSA) is 29.3 Å². The summed E-state index contributed by atoms with van der Waals surface area (Å²) in [6.45, 7) is 1.18. The van der Waals surface area contributed by atoms with Gasteiger partial charge in [0.05, 0.1) is 0 Å². The van der Waals surface area contributed by atoms with Crippen LogP contribution in [0.4, 0.5) is 4.39 Å². The Hall–Kier alpha value is -1.42. The number of nitrogens with two attached hydrogens (primary N) is 1. The number of nitrogens with zero attached hydrogens (tertiary/aromatic N) is 1. The summed E-state index contributed by atoms with van der Waals surface area (Å²) in [7, 11) is 1.97. The molecule has 1 atom stereocenters. The van der Waals surface area contributed by atoms with Crippen molar-refractivity contribution in [2.45, 2.75) is 12.5 Å². The van der Waals surface area contributed by atoms with E-state index in [4.69, 9.17) is 17.3 Å². The van der Waals surface area contributed by atoms with E-state index in [0.717, 1.165) is 13.0 Å². The molecule has 2 N–H and O–H groups in total. The molecule has 0 radical (unpaired) electrons. The van der Waals surface area contributed by atoms with Gasteiger partial charge in [-0.05, 0) is 31.2 Å². The van der Waals surface area contributed by atoms with Crippen LogP contribution in [-0.2, 0) is 6.42 Å². The van der Waals surface area contributed by atoms with Crippen molar-refractivity contribution in [1.82, 2.24) is 4.90 Å². The van der Waals surface area contributed by atoms with Gasteiger partial charge < -0.3 is 5.73 Å². The largest absolute Gasteiger partial charge is 0.329 e. The molecule has 0 bridgehead atoms. The second-order valence-electron chi connectivity index (χ2n) is 5.13. The Morgan fingerprint density at radius 3 is 2.52 bits per heavy atom. The minimum atomic E-state index is -0.301. The van der Waals surface area contributed by atoms with Gasteiger partial charge in [-0.15, -0.1) is 0 Å². The van der Waals surface area contributed by atoms with Gasteiger partial charge in [0.1, 0.15) is 5.82 Å². The number of hydrogen-bond donors (Lipinski definition) is 1. The summed E-state index contributed by atoms with van der Waals surface area (Å²) in [5.74, 6) is -0.301. The smallest absolute Gasteiger partial charge is 0.129 e. The Kier molecular flexibility index (Phi) is 5.74.